The molecule has 0 aliphatic carbocycles. The molecule has 0 radical (unpaired) electrons. The Bertz CT molecular complexity index is 996. The fourth-order valence-electron chi connectivity index (χ4n) is 3.03. The maximum absolute atomic E-state index is 13.2. The van der Waals surface area contributed by atoms with E-state index in [4.69, 9.17) is 0 Å². The number of amides is 1. The van der Waals surface area contributed by atoms with Gasteiger partial charge in [0.15, 0.2) is 11.6 Å². The fraction of sp³-hybridized carbons (Fsp3) is 0.316. The van der Waals surface area contributed by atoms with Crippen LogP contribution in [0.15, 0.2) is 51.8 Å². The van der Waals surface area contributed by atoms with Crippen molar-refractivity contribution in [3.05, 3.63) is 58.6 Å². The van der Waals surface area contributed by atoms with Gasteiger partial charge in [-0.05, 0) is 30.3 Å². The van der Waals surface area contributed by atoms with Gasteiger partial charge in [-0.3, -0.25) is 4.79 Å². The quantitative estimate of drug-likeness (QED) is 0.679. The monoisotopic (exact) mass is 487 g/mol. The Kier molecular flexibility index (Phi) is 6.99. The van der Waals surface area contributed by atoms with Crippen molar-refractivity contribution in [2.24, 2.45) is 0 Å². The molecule has 156 valence electrons. The summed E-state index contributed by atoms with van der Waals surface area (Å²) in [6.45, 7) is 2.12. The topological polar surface area (TPSA) is 69.7 Å². The van der Waals surface area contributed by atoms with Gasteiger partial charge in [-0.2, -0.15) is 4.31 Å². The highest BCUT2D eigenvalue weighted by atomic mass is 79.9. The van der Waals surface area contributed by atoms with Crippen LogP contribution in [-0.2, 0) is 14.8 Å². The van der Waals surface area contributed by atoms with Gasteiger partial charge in [0.25, 0.3) is 0 Å². The van der Waals surface area contributed by atoms with Crippen molar-refractivity contribution in [3.63, 3.8) is 0 Å². The van der Waals surface area contributed by atoms with Gasteiger partial charge < -0.3 is 10.2 Å². The Morgan fingerprint density at radius 1 is 1.03 bits per heavy atom. The Morgan fingerprint density at radius 3 is 2.41 bits per heavy atom. The molecule has 0 saturated carbocycles. The zero-order chi connectivity index (χ0) is 21.0. The highest BCUT2D eigenvalue weighted by molar-refractivity contribution is 9.10. The first kappa shape index (κ1) is 21.8. The second-order valence-electron chi connectivity index (χ2n) is 6.63. The first-order chi connectivity index (χ1) is 13.8. The molecule has 0 spiro atoms. The number of rotatable bonds is 6. The van der Waals surface area contributed by atoms with Gasteiger partial charge in [0.1, 0.15) is 0 Å². The van der Waals surface area contributed by atoms with Crippen molar-refractivity contribution < 1.29 is 22.0 Å². The predicted octanol–water partition coefficient (Wildman–Crippen LogP) is 3.06. The summed E-state index contributed by atoms with van der Waals surface area (Å²) in [4.78, 5) is 14.3. The van der Waals surface area contributed by atoms with Crippen molar-refractivity contribution in [3.8, 4) is 0 Å². The number of benzene rings is 2. The fourth-order valence-corrected chi connectivity index (χ4v) is 5.05. The summed E-state index contributed by atoms with van der Waals surface area (Å²) in [5.74, 6) is -2.32. The average Bonchev–Trinajstić information content (AvgIpc) is 2.69. The number of sulfonamides is 1. The molecule has 1 aliphatic rings. The largest absolute Gasteiger partial charge is 0.326 e. The Hall–Kier alpha value is -1.88. The smallest absolute Gasteiger partial charge is 0.243 e. The van der Waals surface area contributed by atoms with E-state index in [0.717, 1.165) is 12.1 Å². The zero-order valence-electron chi connectivity index (χ0n) is 15.4. The first-order valence-corrected chi connectivity index (χ1v) is 11.2. The van der Waals surface area contributed by atoms with Crippen LogP contribution in [0.2, 0.25) is 0 Å². The number of carbonyl (C=O) groups is 1. The normalized spacial score (nSPS) is 16.0. The highest BCUT2D eigenvalue weighted by Gasteiger charge is 2.28. The summed E-state index contributed by atoms with van der Waals surface area (Å²) in [6, 6.07) is 9.76. The van der Waals surface area contributed by atoms with Gasteiger partial charge in [0.05, 0.1) is 4.90 Å². The van der Waals surface area contributed by atoms with Gasteiger partial charge in [0, 0.05) is 55.4 Å². The second-order valence-corrected chi connectivity index (χ2v) is 9.48. The molecule has 10 heteroatoms. The molecule has 29 heavy (non-hydrogen) atoms. The number of nitrogens with one attached hydrogen (secondary N) is 1. The minimum atomic E-state index is -3.56. The number of hydrogen-bond acceptors (Lipinski definition) is 4. The van der Waals surface area contributed by atoms with Crippen LogP contribution in [0.25, 0.3) is 0 Å². The summed E-state index contributed by atoms with van der Waals surface area (Å²) in [6.07, 6.45) is 0.164. The lowest BCUT2D eigenvalue weighted by Crippen LogP contribution is -2.49. The number of carbonyl (C=O) groups excluding carboxylic acids is 1. The van der Waals surface area contributed by atoms with Crippen molar-refractivity contribution >= 4 is 37.5 Å². The second kappa shape index (κ2) is 9.29. The zero-order valence-corrected chi connectivity index (χ0v) is 17.8. The molecule has 0 atom stereocenters. The van der Waals surface area contributed by atoms with Crippen LogP contribution in [-0.4, -0.2) is 56.3 Å². The SMILES string of the molecule is O=C(CCN1CCN(S(=O)(=O)c2cccc(Br)c2)CC1)Nc1ccc(F)c(F)c1. The molecule has 1 heterocycles. The molecule has 1 saturated heterocycles. The van der Waals surface area contributed by atoms with Gasteiger partial charge in [0.2, 0.25) is 15.9 Å². The lowest BCUT2D eigenvalue weighted by molar-refractivity contribution is -0.116. The standard InChI is InChI=1S/C19H20BrF2N3O3S/c20-14-2-1-3-16(12-14)29(27,28)25-10-8-24(9-11-25)7-6-19(26)23-15-4-5-17(21)18(22)13-15/h1-5,12-13H,6-11H2,(H,23,26). The lowest BCUT2D eigenvalue weighted by Gasteiger charge is -2.33. The third-order valence-electron chi connectivity index (χ3n) is 4.62. The van der Waals surface area contributed by atoms with Crippen LogP contribution in [0.4, 0.5) is 14.5 Å². The summed E-state index contributed by atoms with van der Waals surface area (Å²) < 4.78 is 53.7. The van der Waals surface area contributed by atoms with Crippen molar-refractivity contribution in [1.82, 2.24) is 9.21 Å². The van der Waals surface area contributed by atoms with Crippen LogP contribution >= 0.6 is 15.9 Å². The van der Waals surface area contributed by atoms with E-state index in [0.29, 0.717) is 37.2 Å². The number of hydrogen-bond donors (Lipinski definition) is 1. The summed E-state index contributed by atoms with van der Waals surface area (Å²) in [5, 5.41) is 2.53. The third-order valence-corrected chi connectivity index (χ3v) is 7.01. The van der Waals surface area contributed by atoms with Gasteiger partial charge in [-0.15, -0.1) is 0 Å². The summed E-state index contributed by atoms with van der Waals surface area (Å²) >= 11 is 3.28. The first-order valence-electron chi connectivity index (χ1n) is 8.99. The number of anilines is 1. The maximum Gasteiger partial charge on any atom is 0.243 e. The summed E-state index contributed by atoms with van der Waals surface area (Å²) in [7, 11) is -3.56. The molecular weight excluding hydrogens is 468 g/mol. The predicted molar refractivity (Wildman–Crippen MR) is 109 cm³/mol. The molecule has 1 aliphatic heterocycles. The molecule has 1 N–H and O–H groups in total. The van der Waals surface area contributed by atoms with E-state index < -0.39 is 21.7 Å². The van der Waals surface area contributed by atoms with Crippen molar-refractivity contribution in [2.45, 2.75) is 11.3 Å². The minimum Gasteiger partial charge on any atom is -0.326 e. The van der Waals surface area contributed by atoms with Crippen LogP contribution in [0.5, 0.6) is 0 Å². The average molecular weight is 488 g/mol. The molecule has 1 fully saturated rings. The summed E-state index contributed by atoms with van der Waals surface area (Å²) in [5.41, 5.74) is 0.193. The van der Waals surface area contributed by atoms with Gasteiger partial charge in [-0.1, -0.05) is 22.0 Å². The van der Waals surface area contributed by atoms with E-state index in [1.54, 1.807) is 24.3 Å². The molecule has 2 aromatic carbocycles. The molecule has 6 nitrogen and oxygen atoms in total. The highest BCUT2D eigenvalue weighted by Crippen LogP contribution is 2.21. The van der Waals surface area contributed by atoms with Crippen LogP contribution in [0, 0.1) is 11.6 Å². The Labute approximate surface area is 176 Å². The number of piperazine rings is 1. The maximum atomic E-state index is 13.2. The van der Waals surface area contributed by atoms with E-state index in [2.05, 4.69) is 21.2 Å². The van der Waals surface area contributed by atoms with E-state index in [1.807, 2.05) is 4.90 Å². The molecule has 0 unspecified atom stereocenters. The van der Waals surface area contributed by atoms with Gasteiger partial charge >= 0.3 is 0 Å². The van der Waals surface area contributed by atoms with Gasteiger partial charge in [-0.25, -0.2) is 17.2 Å². The van der Waals surface area contributed by atoms with Crippen LogP contribution in [0.3, 0.4) is 0 Å². The van der Waals surface area contributed by atoms with E-state index in [-0.39, 0.29) is 22.9 Å². The third kappa shape index (κ3) is 5.59. The molecule has 0 aromatic heterocycles. The lowest BCUT2D eigenvalue weighted by atomic mass is 10.2. The van der Waals surface area contributed by atoms with Crippen molar-refractivity contribution in [1.29, 1.82) is 0 Å². The van der Waals surface area contributed by atoms with E-state index >= 15 is 0 Å². The van der Waals surface area contributed by atoms with Crippen molar-refractivity contribution in [2.75, 3.05) is 38.0 Å². The number of nitrogens with zero attached hydrogens (tertiary/aromatic N) is 2. The minimum absolute atomic E-state index is 0.164. The number of halogens is 3. The molecule has 0 bridgehead atoms. The van der Waals surface area contributed by atoms with E-state index in [1.165, 1.54) is 10.4 Å². The van der Waals surface area contributed by atoms with Crippen LogP contribution < -0.4 is 5.32 Å². The Balaban J connectivity index is 1.48. The molecule has 3 rings (SSSR count). The van der Waals surface area contributed by atoms with Crippen LogP contribution in [0.1, 0.15) is 6.42 Å². The molecular formula is C19H20BrF2N3O3S. The van der Waals surface area contributed by atoms with E-state index in [9.17, 15) is 22.0 Å². The molecule has 2 aromatic rings. The molecule has 1 amide bonds. The Morgan fingerprint density at radius 2 is 1.76 bits per heavy atom.